The predicted molar refractivity (Wildman–Crippen MR) is 118 cm³/mol. The lowest BCUT2D eigenvalue weighted by atomic mass is 10.2. The van der Waals surface area contributed by atoms with Crippen LogP contribution in [0.1, 0.15) is 15.9 Å². The van der Waals surface area contributed by atoms with Gasteiger partial charge in [-0.2, -0.15) is 0 Å². The Morgan fingerprint density at radius 3 is 2.37 bits per heavy atom. The van der Waals surface area contributed by atoms with Crippen molar-refractivity contribution in [3.63, 3.8) is 0 Å². The second-order valence-corrected chi connectivity index (χ2v) is 7.40. The molecule has 30 heavy (non-hydrogen) atoms. The molecule has 0 bridgehead atoms. The number of methoxy groups -OCH3 is 1. The summed E-state index contributed by atoms with van der Waals surface area (Å²) in [5.74, 6) is 0.244. The van der Waals surface area contributed by atoms with E-state index in [1.165, 1.54) is 12.7 Å². The molecule has 0 aliphatic carbocycles. The maximum absolute atomic E-state index is 11.4. The number of rotatable bonds is 9. The Morgan fingerprint density at radius 2 is 1.70 bits per heavy atom. The van der Waals surface area contributed by atoms with Gasteiger partial charge in [-0.25, -0.2) is 4.79 Å². The van der Waals surface area contributed by atoms with Crippen molar-refractivity contribution >= 4 is 12.0 Å². The fraction of sp³-hybridized carbons (Fsp3) is 0.375. The number of hydrogen-bond donors (Lipinski definition) is 1. The van der Waals surface area contributed by atoms with E-state index >= 15 is 0 Å². The van der Waals surface area contributed by atoms with Gasteiger partial charge in [-0.15, -0.1) is 0 Å². The normalized spacial score (nSPS) is 16.5. The Labute approximate surface area is 178 Å². The highest BCUT2D eigenvalue weighted by molar-refractivity contribution is 5.89. The number of carbonyl (C=O) groups is 1. The van der Waals surface area contributed by atoms with Crippen molar-refractivity contribution in [1.82, 2.24) is 9.80 Å². The van der Waals surface area contributed by atoms with Crippen LogP contribution < -0.4 is 4.74 Å². The zero-order valence-electron chi connectivity index (χ0n) is 17.4. The van der Waals surface area contributed by atoms with Crippen LogP contribution in [0.4, 0.5) is 0 Å². The molecule has 1 saturated heterocycles. The van der Waals surface area contributed by atoms with Gasteiger partial charge >= 0.3 is 5.97 Å². The molecule has 1 aliphatic heterocycles. The molecule has 0 spiro atoms. The Balaban J connectivity index is 1.33. The third-order valence-corrected chi connectivity index (χ3v) is 5.13. The van der Waals surface area contributed by atoms with Gasteiger partial charge in [0.15, 0.2) is 0 Å². The second kappa shape index (κ2) is 11.5. The van der Waals surface area contributed by atoms with Crippen molar-refractivity contribution in [1.29, 1.82) is 0 Å². The highest BCUT2D eigenvalue weighted by Crippen LogP contribution is 2.13. The lowest BCUT2D eigenvalue weighted by Gasteiger charge is -2.35. The van der Waals surface area contributed by atoms with Crippen LogP contribution in [0.15, 0.2) is 60.7 Å². The SMILES string of the molecule is COC(=O)c1ccc(OCC(O)CN2CCN(C/C=C/c3ccccc3)CC2)cc1. The minimum absolute atomic E-state index is 0.220. The third kappa shape index (κ3) is 6.99. The monoisotopic (exact) mass is 410 g/mol. The number of aliphatic hydroxyl groups is 1. The van der Waals surface area contributed by atoms with Gasteiger partial charge in [-0.05, 0) is 29.8 Å². The molecule has 0 amide bonds. The van der Waals surface area contributed by atoms with E-state index in [0.717, 1.165) is 32.7 Å². The quantitative estimate of drug-likeness (QED) is 0.641. The second-order valence-electron chi connectivity index (χ2n) is 7.40. The number of nitrogens with zero attached hydrogens (tertiary/aromatic N) is 2. The van der Waals surface area contributed by atoms with E-state index in [4.69, 9.17) is 4.74 Å². The maximum atomic E-state index is 11.4. The largest absolute Gasteiger partial charge is 0.491 e. The van der Waals surface area contributed by atoms with E-state index in [1.807, 2.05) is 18.2 Å². The summed E-state index contributed by atoms with van der Waals surface area (Å²) in [4.78, 5) is 16.1. The first-order chi connectivity index (χ1) is 14.6. The molecule has 160 valence electrons. The molecular formula is C24H30N2O4. The van der Waals surface area contributed by atoms with Crippen LogP contribution >= 0.6 is 0 Å². The number of ether oxygens (including phenoxy) is 2. The van der Waals surface area contributed by atoms with Gasteiger partial charge < -0.3 is 14.6 Å². The first kappa shape index (κ1) is 22.0. The Hall–Kier alpha value is -2.67. The van der Waals surface area contributed by atoms with Gasteiger partial charge in [-0.3, -0.25) is 9.80 Å². The van der Waals surface area contributed by atoms with Crippen LogP contribution in [0.25, 0.3) is 6.08 Å². The fourth-order valence-electron chi connectivity index (χ4n) is 3.40. The summed E-state index contributed by atoms with van der Waals surface area (Å²) in [5.41, 5.74) is 1.70. The van der Waals surface area contributed by atoms with Gasteiger partial charge in [0.05, 0.1) is 12.7 Å². The van der Waals surface area contributed by atoms with Gasteiger partial charge in [0.2, 0.25) is 0 Å². The van der Waals surface area contributed by atoms with Crippen molar-refractivity contribution in [2.45, 2.75) is 6.10 Å². The molecule has 6 heteroatoms. The summed E-state index contributed by atoms with van der Waals surface area (Å²) < 4.78 is 10.3. The third-order valence-electron chi connectivity index (χ3n) is 5.13. The summed E-state index contributed by atoms with van der Waals surface area (Å²) >= 11 is 0. The fourth-order valence-corrected chi connectivity index (χ4v) is 3.40. The number of β-amino-alcohol motifs (C(OH)–C–C–N with tert-alkyl or cyclic N) is 1. The topological polar surface area (TPSA) is 62.2 Å². The lowest BCUT2D eigenvalue weighted by Crippen LogP contribution is -2.49. The van der Waals surface area contributed by atoms with Crippen molar-refractivity contribution < 1.29 is 19.4 Å². The molecule has 0 aromatic heterocycles. The van der Waals surface area contributed by atoms with E-state index in [2.05, 4.69) is 38.8 Å². The summed E-state index contributed by atoms with van der Waals surface area (Å²) in [5, 5.41) is 10.3. The number of hydrogen-bond acceptors (Lipinski definition) is 6. The number of piperazine rings is 1. The van der Waals surface area contributed by atoms with Gasteiger partial charge in [0, 0.05) is 39.3 Å². The first-order valence-electron chi connectivity index (χ1n) is 10.3. The number of aliphatic hydroxyl groups excluding tert-OH is 1. The van der Waals surface area contributed by atoms with E-state index in [1.54, 1.807) is 24.3 Å². The zero-order valence-corrected chi connectivity index (χ0v) is 17.4. The number of carbonyl (C=O) groups excluding carboxylic acids is 1. The van der Waals surface area contributed by atoms with Gasteiger partial charge in [0.1, 0.15) is 18.5 Å². The van der Waals surface area contributed by atoms with Crippen LogP contribution in [0.3, 0.4) is 0 Å². The predicted octanol–water partition coefficient (Wildman–Crippen LogP) is 2.54. The molecule has 1 N–H and O–H groups in total. The Bertz CT molecular complexity index is 800. The minimum Gasteiger partial charge on any atom is -0.491 e. The molecule has 6 nitrogen and oxygen atoms in total. The van der Waals surface area contributed by atoms with Crippen LogP contribution in [-0.2, 0) is 4.74 Å². The molecule has 1 atom stereocenters. The van der Waals surface area contributed by atoms with Crippen molar-refractivity contribution in [3.05, 3.63) is 71.8 Å². The molecule has 2 aromatic carbocycles. The first-order valence-corrected chi connectivity index (χ1v) is 10.3. The van der Waals surface area contributed by atoms with Crippen molar-refractivity contribution in [3.8, 4) is 5.75 Å². The summed E-state index contributed by atoms with van der Waals surface area (Å²) in [6.45, 7) is 5.60. The molecule has 2 aromatic rings. The van der Waals surface area contributed by atoms with Crippen molar-refractivity contribution in [2.24, 2.45) is 0 Å². The average molecular weight is 411 g/mol. The standard InChI is InChI=1S/C24H30N2O4/c1-29-24(28)21-9-11-23(12-10-21)30-19-22(27)18-26-16-14-25(15-17-26)13-5-8-20-6-3-2-4-7-20/h2-12,22,27H,13-19H2,1H3/b8-5+. The molecule has 1 unspecified atom stereocenters. The molecule has 3 rings (SSSR count). The Morgan fingerprint density at radius 1 is 1.03 bits per heavy atom. The lowest BCUT2D eigenvalue weighted by molar-refractivity contribution is 0.0481. The van der Waals surface area contributed by atoms with E-state index < -0.39 is 6.10 Å². The van der Waals surface area contributed by atoms with E-state index in [0.29, 0.717) is 17.9 Å². The maximum Gasteiger partial charge on any atom is 0.337 e. The highest BCUT2D eigenvalue weighted by atomic mass is 16.5. The van der Waals surface area contributed by atoms with Crippen LogP contribution in [-0.4, -0.2) is 80.0 Å². The van der Waals surface area contributed by atoms with Crippen LogP contribution in [0, 0.1) is 0 Å². The number of benzene rings is 2. The molecular weight excluding hydrogens is 380 g/mol. The van der Waals surface area contributed by atoms with E-state index in [-0.39, 0.29) is 12.6 Å². The van der Waals surface area contributed by atoms with Gasteiger partial charge in [-0.1, -0.05) is 42.5 Å². The van der Waals surface area contributed by atoms with Gasteiger partial charge in [0.25, 0.3) is 0 Å². The molecule has 1 heterocycles. The average Bonchev–Trinajstić information content (AvgIpc) is 2.79. The van der Waals surface area contributed by atoms with E-state index in [9.17, 15) is 9.90 Å². The summed E-state index contributed by atoms with van der Waals surface area (Å²) in [6, 6.07) is 17.0. The Kier molecular flexibility index (Phi) is 8.44. The minimum atomic E-state index is -0.560. The van der Waals surface area contributed by atoms with Crippen LogP contribution in [0.2, 0.25) is 0 Å². The molecule has 1 aliphatic rings. The number of esters is 1. The molecule has 0 saturated carbocycles. The van der Waals surface area contributed by atoms with Crippen LogP contribution in [0.5, 0.6) is 5.75 Å². The zero-order chi connectivity index (χ0) is 21.2. The molecule has 0 radical (unpaired) electrons. The summed E-state index contributed by atoms with van der Waals surface area (Å²) in [7, 11) is 1.35. The molecule has 1 fully saturated rings. The summed E-state index contributed by atoms with van der Waals surface area (Å²) in [6.07, 6.45) is 3.81. The smallest absolute Gasteiger partial charge is 0.337 e. The highest BCUT2D eigenvalue weighted by Gasteiger charge is 2.19. The van der Waals surface area contributed by atoms with Crippen molar-refractivity contribution in [2.75, 3.05) is 53.0 Å².